The lowest BCUT2D eigenvalue weighted by Gasteiger charge is -2.31. The molecule has 0 aromatic heterocycles. The maximum atomic E-state index is 2.36. The third-order valence-corrected chi connectivity index (χ3v) is 9.41. The Hall–Kier alpha value is -2.28. The van der Waals surface area contributed by atoms with Gasteiger partial charge in [0.05, 0.1) is 0 Å². The third kappa shape index (κ3) is 3.78. The Kier molecular flexibility index (Phi) is 6.78. The molecule has 0 aliphatic rings. The first kappa shape index (κ1) is 25.3. The van der Waals surface area contributed by atoms with E-state index < -0.39 is 0 Å². The minimum atomic E-state index is 0.236. The van der Waals surface area contributed by atoms with E-state index in [-0.39, 0.29) is 6.71 Å². The Morgan fingerprint density at radius 3 is 0.788 bits per heavy atom. The van der Waals surface area contributed by atoms with Gasteiger partial charge in [0.25, 0.3) is 0 Å². The van der Waals surface area contributed by atoms with Crippen LogP contribution >= 0.6 is 0 Å². The van der Waals surface area contributed by atoms with Gasteiger partial charge in [-0.25, -0.2) is 0 Å². The van der Waals surface area contributed by atoms with Crippen LogP contribution in [0.1, 0.15) is 77.9 Å². The standard InChI is InChI=1S/C32H43B/c1-16-15-17(2)19(4)30(18(16)3)33(31-26(11)22(7)20(5)23(8)27(31)12)32-28(13)24(9)21(6)25(10)29(32)14/h15H,1-14H3. The Bertz CT molecular complexity index is 1130. The monoisotopic (exact) mass is 438 g/mol. The fourth-order valence-corrected chi connectivity index (χ4v) is 6.04. The van der Waals surface area contributed by atoms with Crippen LogP contribution in [0.3, 0.4) is 0 Å². The molecule has 3 aromatic carbocycles. The molecule has 174 valence electrons. The number of hydrogen-bond acceptors (Lipinski definition) is 0. The minimum Gasteiger partial charge on any atom is -0.0624 e. The summed E-state index contributed by atoms with van der Waals surface area (Å²) in [4.78, 5) is 0. The topological polar surface area (TPSA) is 0 Å². The van der Waals surface area contributed by atoms with Gasteiger partial charge in [0.2, 0.25) is 6.71 Å². The molecule has 0 aliphatic carbocycles. The van der Waals surface area contributed by atoms with E-state index in [2.05, 4.69) is 103 Å². The second-order valence-electron chi connectivity index (χ2n) is 10.7. The van der Waals surface area contributed by atoms with E-state index in [1.807, 2.05) is 0 Å². The smallest absolute Gasteiger partial charge is 0.0624 e. The Morgan fingerprint density at radius 1 is 0.303 bits per heavy atom. The van der Waals surface area contributed by atoms with E-state index in [9.17, 15) is 0 Å². The quantitative estimate of drug-likeness (QED) is 0.409. The molecule has 0 bridgehead atoms. The highest BCUT2D eigenvalue weighted by molar-refractivity contribution is 6.97. The first-order chi connectivity index (χ1) is 15.2. The summed E-state index contributed by atoms with van der Waals surface area (Å²) in [6, 6.07) is 2.36. The zero-order valence-corrected chi connectivity index (χ0v) is 23.7. The average molecular weight is 439 g/mol. The van der Waals surface area contributed by atoms with Crippen LogP contribution in [0.5, 0.6) is 0 Å². The van der Waals surface area contributed by atoms with Crippen molar-refractivity contribution in [1.82, 2.24) is 0 Å². The zero-order valence-electron chi connectivity index (χ0n) is 23.7. The van der Waals surface area contributed by atoms with Gasteiger partial charge in [0.1, 0.15) is 0 Å². The van der Waals surface area contributed by atoms with Crippen LogP contribution in [0.25, 0.3) is 0 Å². The Labute approximate surface area is 203 Å². The Balaban J connectivity index is 2.66. The van der Waals surface area contributed by atoms with E-state index in [1.165, 1.54) is 94.3 Å². The lowest BCUT2D eigenvalue weighted by Crippen LogP contribution is -2.58. The van der Waals surface area contributed by atoms with Crippen LogP contribution in [-0.2, 0) is 0 Å². The Morgan fingerprint density at radius 2 is 0.515 bits per heavy atom. The SMILES string of the molecule is Cc1cc(C)c(C)c(B(c2c(C)c(C)c(C)c(C)c2C)c2c(C)c(C)c(C)c(C)c2C)c1C. The van der Waals surface area contributed by atoms with Crippen LogP contribution in [0.4, 0.5) is 0 Å². The van der Waals surface area contributed by atoms with Crippen molar-refractivity contribution in [2.45, 2.75) is 96.9 Å². The van der Waals surface area contributed by atoms with Gasteiger partial charge in [-0.3, -0.25) is 0 Å². The maximum absolute atomic E-state index is 2.36. The molecule has 0 radical (unpaired) electrons. The first-order valence-electron chi connectivity index (χ1n) is 12.4. The molecule has 0 saturated carbocycles. The molecule has 33 heavy (non-hydrogen) atoms. The molecule has 3 aromatic rings. The molecule has 0 spiro atoms. The van der Waals surface area contributed by atoms with Crippen molar-refractivity contribution in [3.05, 3.63) is 84.0 Å². The molecular formula is C32H43B. The van der Waals surface area contributed by atoms with Gasteiger partial charge < -0.3 is 0 Å². The average Bonchev–Trinajstić information content (AvgIpc) is 2.77. The summed E-state index contributed by atoms with van der Waals surface area (Å²) in [6.45, 7) is 32.7. The molecule has 0 amide bonds. The number of aryl methyl sites for hydroxylation is 2. The fourth-order valence-electron chi connectivity index (χ4n) is 6.04. The number of benzene rings is 3. The zero-order chi connectivity index (χ0) is 25.1. The summed E-state index contributed by atoms with van der Waals surface area (Å²) in [5, 5.41) is 0. The van der Waals surface area contributed by atoms with E-state index in [0.717, 1.165) is 0 Å². The summed E-state index contributed by atoms with van der Waals surface area (Å²) in [5.74, 6) is 0. The van der Waals surface area contributed by atoms with Gasteiger partial charge in [-0.2, -0.15) is 0 Å². The molecule has 0 fully saturated rings. The second-order valence-corrected chi connectivity index (χ2v) is 10.7. The van der Waals surface area contributed by atoms with Gasteiger partial charge in [0, 0.05) is 0 Å². The van der Waals surface area contributed by atoms with Crippen molar-refractivity contribution in [3.8, 4) is 0 Å². The molecule has 0 saturated heterocycles. The minimum absolute atomic E-state index is 0.236. The molecule has 1 heteroatoms. The number of hydrogen-bond donors (Lipinski definition) is 0. The van der Waals surface area contributed by atoms with Crippen molar-refractivity contribution in [2.75, 3.05) is 0 Å². The van der Waals surface area contributed by atoms with Gasteiger partial charge in [0.15, 0.2) is 0 Å². The van der Waals surface area contributed by atoms with Crippen molar-refractivity contribution in [2.24, 2.45) is 0 Å². The highest BCUT2D eigenvalue weighted by Gasteiger charge is 2.34. The lowest BCUT2D eigenvalue weighted by atomic mass is 9.32. The van der Waals surface area contributed by atoms with Crippen LogP contribution in [0.15, 0.2) is 6.07 Å². The van der Waals surface area contributed by atoms with Crippen molar-refractivity contribution < 1.29 is 0 Å². The summed E-state index contributed by atoms with van der Waals surface area (Å²) in [7, 11) is 0. The van der Waals surface area contributed by atoms with E-state index in [4.69, 9.17) is 0 Å². The molecule has 3 rings (SSSR count). The largest absolute Gasteiger partial charge is 0.243 e. The highest BCUT2D eigenvalue weighted by Crippen LogP contribution is 2.25. The third-order valence-electron chi connectivity index (χ3n) is 9.41. The van der Waals surface area contributed by atoms with Crippen molar-refractivity contribution in [1.29, 1.82) is 0 Å². The first-order valence-corrected chi connectivity index (χ1v) is 12.4. The summed E-state index contributed by atoms with van der Waals surface area (Å²) in [5.41, 5.74) is 24.6. The molecule has 0 nitrogen and oxygen atoms in total. The van der Waals surface area contributed by atoms with Crippen LogP contribution in [0, 0.1) is 96.9 Å². The van der Waals surface area contributed by atoms with E-state index >= 15 is 0 Å². The van der Waals surface area contributed by atoms with Gasteiger partial charge in [-0.1, -0.05) is 55.8 Å². The molecular weight excluding hydrogens is 395 g/mol. The summed E-state index contributed by atoms with van der Waals surface area (Å²) >= 11 is 0. The highest BCUT2D eigenvalue weighted by atomic mass is 14.2. The summed E-state index contributed by atoms with van der Waals surface area (Å²) in [6.07, 6.45) is 0. The molecule has 0 N–H and O–H groups in total. The van der Waals surface area contributed by atoms with Crippen molar-refractivity contribution in [3.63, 3.8) is 0 Å². The maximum Gasteiger partial charge on any atom is 0.243 e. The molecule has 0 atom stereocenters. The predicted octanol–water partition coefficient (Wildman–Crippen LogP) is 6.52. The van der Waals surface area contributed by atoms with Crippen LogP contribution in [0.2, 0.25) is 0 Å². The lowest BCUT2D eigenvalue weighted by molar-refractivity contribution is 1.18. The van der Waals surface area contributed by atoms with Crippen LogP contribution in [-0.4, -0.2) is 6.71 Å². The van der Waals surface area contributed by atoms with Gasteiger partial charge in [-0.15, -0.1) is 0 Å². The van der Waals surface area contributed by atoms with E-state index in [1.54, 1.807) is 0 Å². The number of rotatable bonds is 3. The molecule has 0 aliphatic heterocycles. The molecule has 0 unspecified atom stereocenters. The fraction of sp³-hybridized carbons (Fsp3) is 0.438. The predicted molar refractivity (Wildman–Crippen MR) is 150 cm³/mol. The van der Waals surface area contributed by atoms with Gasteiger partial charge >= 0.3 is 0 Å². The normalized spacial score (nSPS) is 11.3. The van der Waals surface area contributed by atoms with Crippen LogP contribution < -0.4 is 16.4 Å². The second kappa shape index (κ2) is 8.82. The van der Waals surface area contributed by atoms with Crippen molar-refractivity contribution >= 4 is 23.1 Å². The molecule has 0 heterocycles. The summed E-state index contributed by atoms with van der Waals surface area (Å²) < 4.78 is 0. The van der Waals surface area contributed by atoms with E-state index in [0.29, 0.717) is 0 Å². The van der Waals surface area contributed by atoms with Gasteiger partial charge in [-0.05, 0) is 141 Å².